The van der Waals surface area contributed by atoms with Crippen LogP contribution < -0.4 is 5.32 Å². The number of pyridine rings is 1. The highest BCUT2D eigenvalue weighted by molar-refractivity contribution is 7.88. The zero-order chi connectivity index (χ0) is 22.9. The van der Waals surface area contributed by atoms with Crippen LogP contribution in [0.5, 0.6) is 0 Å². The smallest absolute Gasteiger partial charge is 0.246 e. The van der Waals surface area contributed by atoms with Crippen molar-refractivity contribution in [3.63, 3.8) is 0 Å². The highest BCUT2D eigenvalue weighted by atomic mass is 35.5. The van der Waals surface area contributed by atoms with Crippen LogP contribution in [0, 0.1) is 6.92 Å². The Labute approximate surface area is 199 Å². The Balaban J connectivity index is 0.00000306. The number of benzene rings is 1. The first-order chi connectivity index (χ1) is 15.2. The van der Waals surface area contributed by atoms with Crippen LogP contribution in [0.25, 0.3) is 17.0 Å². The van der Waals surface area contributed by atoms with E-state index in [1.807, 2.05) is 37.3 Å². The van der Waals surface area contributed by atoms with Crippen molar-refractivity contribution in [3.05, 3.63) is 65.1 Å². The van der Waals surface area contributed by atoms with Crippen molar-refractivity contribution in [2.24, 2.45) is 0 Å². The van der Waals surface area contributed by atoms with Gasteiger partial charge in [0.2, 0.25) is 15.9 Å². The summed E-state index contributed by atoms with van der Waals surface area (Å²) < 4.78 is 31.2. The first kappa shape index (κ1) is 24.8. The predicted octanol–water partition coefficient (Wildman–Crippen LogP) is 3.42. The minimum Gasteiger partial charge on any atom is -0.459 e. The zero-order valence-corrected chi connectivity index (χ0v) is 20.4. The predicted molar refractivity (Wildman–Crippen MR) is 132 cm³/mol. The van der Waals surface area contributed by atoms with Crippen molar-refractivity contribution in [2.75, 3.05) is 31.7 Å². The molecule has 10 heteroatoms. The molecule has 4 rings (SSSR count). The van der Waals surface area contributed by atoms with E-state index in [0.717, 1.165) is 33.4 Å². The summed E-state index contributed by atoms with van der Waals surface area (Å²) >= 11 is 0. The number of amides is 1. The molecule has 1 amide bonds. The number of furan rings is 1. The summed E-state index contributed by atoms with van der Waals surface area (Å²) in [4.78, 5) is 18.6. The molecule has 1 aliphatic rings. The van der Waals surface area contributed by atoms with E-state index in [0.29, 0.717) is 25.5 Å². The van der Waals surface area contributed by atoms with Crippen LogP contribution in [-0.4, -0.2) is 54.9 Å². The number of aromatic nitrogens is 1. The first-order valence-electron chi connectivity index (χ1n) is 10.3. The number of rotatable bonds is 5. The number of hydrogen-bond donors (Lipinski definition) is 1. The fraction of sp³-hybridized carbons (Fsp3) is 0.304. The van der Waals surface area contributed by atoms with Gasteiger partial charge in [-0.1, -0.05) is 18.2 Å². The van der Waals surface area contributed by atoms with Crippen LogP contribution in [0.1, 0.15) is 22.5 Å². The van der Waals surface area contributed by atoms with Gasteiger partial charge in [-0.2, -0.15) is 4.31 Å². The van der Waals surface area contributed by atoms with Gasteiger partial charge in [0.05, 0.1) is 12.8 Å². The lowest BCUT2D eigenvalue weighted by Crippen LogP contribution is -2.31. The molecule has 0 unspecified atom stereocenters. The third-order valence-electron chi connectivity index (χ3n) is 5.57. The number of carbonyl (C=O) groups is 1. The van der Waals surface area contributed by atoms with Crippen molar-refractivity contribution < 1.29 is 17.6 Å². The van der Waals surface area contributed by atoms with Crippen LogP contribution in [0.4, 0.5) is 5.82 Å². The molecule has 33 heavy (non-hydrogen) atoms. The van der Waals surface area contributed by atoms with Crippen LogP contribution in [0.3, 0.4) is 0 Å². The molecule has 0 aliphatic carbocycles. The van der Waals surface area contributed by atoms with Crippen molar-refractivity contribution in [3.8, 4) is 0 Å². The van der Waals surface area contributed by atoms with Gasteiger partial charge < -0.3 is 14.6 Å². The summed E-state index contributed by atoms with van der Waals surface area (Å²) in [6.45, 7) is 3.47. The number of nitrogens with one attached hydrogen (secondary N) is 1. The molecule has 1 aromatic carbocycles. The highest BCUT2D eigenvalue weighted by Gasteiger charge is 2.22. The Morgan fingerprint density at radius 3 is 2.82 bits per heavy atom. The second kappa shape index (κ2) is 9.94. The van der Waals surface area contributed by atoms with E-state index in [1.165, 1.54) is 16.6 Å². The number of para-hydroxylation sites is 1. The Hall–Kier alpha value is -2.88. The van der Waals surface area contributed by atoms with Crippen LogP contribution >= 0.6 is 12.4 Å². The largest absolute Gasteiger partial charge is 0.459 e. The van der Waals surface area contributed by atoms with Gasteiger partial charge in [-0.05, 0) is 30.7 Å². The van der Waals surface area contributed by atoms with Crippen molar-refractivity contribution in [1.82, 2.24) is 14.2 Å². The minimum absolute atomic E-state index is 0. The molecule has 0 saturated heterocycles. The monoisotopic (exact) mass is 490 g/mol. The molecule has 0 bridgehead atoms. The van der Waals surface area contributed by atoms with Gasteiger partial charge in [0.15, 0.2) is 0 Å². The maximum atomic E-state index is 12.7. The van der Waals surface area contributed by atoms with E-state index < -0.39 is 10.0 Å². The van der Waals surface area contributed by atoms with Crippen molar-refractivity contribution in [2.45, 2.75) is 20.0 Å². The average Bonchev–Trinajstić information content (AvgIpc) is 2.93. The summed E-state index contributed by atoms with van der Waals surface area (Å²) in [5.74, 6) is 1.25. The first-order valence-corrected chi connectivity index (χ1v) is 12.2. The van der Waals surface area contributed by atoms with Gasteiger partial charge in [-0.3, -0.25) is 4.79 Å². The SMILES string of the molecule is Cc1c(CN(C)C(=O)/C=C/c2cnc3c(c2)CN(S(C)(=O)=O)CCN3)oc2ccccc12.Cl. The van der Waals surface area contributed by atoms with Crippen LogP contribution in [0.15, 0.2) is 47.0 Å². The second-order valence-corrected chi connectivity index (χ2v) is 9.96. The van der Waals surface area contributed by atoms with E-state index in [2.05, 4.69) is 10.3 Å². The Morgan fingerprint density at radius 1 is 1.33 bits per heavy atom. The molecule has 0 radical (unpaired) electrons. The van der Waals surface area contributed by atoms with Crippen molar-refractivity contribution >= 4 is 51.2 Å². The highest BCUT2D eigenvalue weighted by Crippen LogP contribution is 2.26. The number of anilines is 1. The second-order valence-electron chi connectivity index (χ2n) is 7.97. The van der Waals surface area contributed by atoms with Crippen LogP contribution in [-0.2, 0) is 27.9 Å². The lowest BCUT2D eigenvalue weighted by molar-refractivity contribution is -0.125. The molecule has 2 aromatic heterocycles. The van der Waals surface area contributed by atoms with Gasteiger partial charge in [0, 0.05) is 55.5 Å². The Kier molecular flexibility index (Phi) is 7.46. The Bertz CT molecular complexity index is 1300. The number of halogens is 1. The normalized spacial score (nSPS) is 14.4. The van der Waals surface area contributed by atoms with E-state index in [-0.39, 0.29) is 24.9 Å². The molecule has 1 N–H and O–H groups in total. The molecule has 0 saturated carbocycles. The van der Waals surface area contributed by atoms with E-state index >= 15 is 0 Å². The molecule has 0 spiro atoms. The summed E-state index contributed by atoms with van der Waals surface area (Å²) in [6, 6.07) is 9.66. The van der Waals surface area contributed by atoms with E-state index in [1.54, 1.807) is 24.2 Å². The minimum atomic E-state index is -3.31. The molecule has 0 atom stereocenters. The standard InChI is InChI=1S/C23H26N4O4S.ClH/c1-16-19-6-4-5-7-20(19)31-21(16)15-26(2)22(28)9-8-17-12-18-14-27(32(3,29)30)11-10-24-23(18)25-13-17;/h4-9,12-13H,10-11,14-15H2,1-3H3,(H,24,25);1H/b9-8+;. The van der Waals surface area contributed by atoms with Gasteiger partial charge in [-0.25, -0.2) is 13.4 Å². The van der Waals surface area contributed by atoms with E-state index in [9.17, 15) is 13.2 Å². The molecular formula is C23H27ClN4O4S. The average molecular weight is 491 g/mol. The van der Waals surface area contributed by atoms with Gasteiger partial charge >= 0.3 is 0 Å². The van der Waals surface area contributed by atoms with Crippen LogP contribution in [0.2, 0.25) is 0 Å². The third kappa shape index (κ3) is 5.55. The number of carbonyl (C=O) groups excluding carboxylic acids is 1. The zero-order valence-electron chi connectivity index (χ0n) is 18.7. The number of sulfonamides is 1. The summed E-state index contributed by atoms with van der Waals surface area (Å²) in [5.41, 5.74) is 3.34. The fourth-order valence-corrected chi connectivity index (χ4v) is 4.51. The summed E-state index contributed by atoms with van der Waals surface area (Å²) in [6.07, 6.45) is 6.04. The molecule has 176 valence electrons. The number of hydrogen-bond acceptors (Lipinski definition) is 6. The number of aryl methyl sites for hydroxylation is 1. The molecule has 8 nitrogen and oxygen atoms in total. The third-order valence-corrected chi connectivity index (χ3v) is 6.82. The Morgan fingerprint density at radius 2 is 2.09 bits per heavy atom. The summed E-state index contributed by atoms with van der Waals surface area (Å²) in [7, 11) is -1.58. The summed E-state index contributed by atoms with van der Waals surface area (Å²) in [5, 5.41) is 4.20. The maximum Gasteiger partial charge on any atom is 0.246 e. The number of fused-ring (bicyclic) bond motifs is 2. The number of likely N-dealkylation sites (N-methyl/N-ethyl adjacent to an activating group) is 1. The van der Waals surface area contributed by atoms with E-state index in [4.69, 9.17) is 4.42 Å². The number of nitrogens with zero attached hydrogens (tertiary/aromatic N) is 3. The maximum absolute atomic E-state index is 12.7. The fourth-order valence-electron chi connectivity index (χ4n) is 3.71. The van der Waals surface area contributed by atoms with Crippen molar-refractivity contribution in [1.29, 1.82) is 0 Å². The van der Waals surface area contributed by atoms with Gasteiger partial charge in [0.25, 0.3) is 0 Å². The molecule has 1 aliphatic heterocycles. The lowest BCUT2D eigenvalue weighted by Gasteiger charge is -2.16. The van der Waals surface area contributed by atoms with Gasteiger partial charge in [-0.15, -0.1) is 12.4 Å². The molecule has 0 fully saturated rings. The quantitative estimate of drug-likeness (QED) is 0.550. The van der Waals surface area contributed by atoms with Gasteiger partial charge in [0.1, 0.15) is 17.2 Å². The lowest BCUT2D eigenvalue weighted by atomic mass is 10.1. The topological polar surface area (TPSA) is 95.8 Å². The molecule has 3 heterocycles. The molecular weight excluding hydrogens is 464 g/mol. The molecule has 3 aromatic rings.